The van der Waals surface area contributed by atoms with E-state index in [1.807, 2.05) is 49.9 Å². The monoisotopic (exact) mass is 947 g/mol. The van der Waals surface area contributed by atoms with Crippen LogP contribution in [-0.2, 0) is 25.5 Å². The molecule has 3 aromatic heterocycles. The van der Waals surface area contributed by atoms with Crippen molar-refractivity contribution in [3.05, 3.63) is 95.8 Å². The maximum absolute atomic E-state index is 14.1. The van der Waals surface area contributed by atoms with Gasteiger partial charge in [0.05, 0.1) is 67.9 Å². The lowest BCUT2D eigenvalue weighted by Gasteiger charge is -2.31. The molecular weight excluding hydrogens is 891 g/mol. The molecule has 4 unspecified atom stereocenters. The number of piperidine rings is 1. The van der Waals surface area contributed by atoms with Crippen molar-refractivity contribution >= 4 is 34.9 Å². The maximum atomic E-state index is 14.1. The Labute approximate surface area is 404 Å². The minimum Gasteiger partial charge on any atom is -0.493 e. The molecule has 0 spiro atoms. The number of benzene rings is 3. The summed E-state index contributed by atoms with van der Waals surface area (Å²) in [5.74, 6) is 3.94. The summed E-state index contributed by atoms with van der Waals surface area (Å²) in [6.07, 6.45) is 5.37. The molecule has 17 nitrogen and oxygen atoms in total. The fraction of sp³-hybridized carbons (Fsp3) is 0.434. The molecule has 4 amide bonds. The first-order valence-corrected chi connectivity index (χ1v) is 24.6. The van der Waals surface area contributed by atoms with Gasteiger partial charge in [-0.2, -0.15) is 0 Å². The van der Waals surface area contributed by atoms with Gasteiger partial charge < -0.3 is 53.9 Å². The number of imidazole rings is 2. The van der Waals surface area contributed by atoms with Crippen molar-refractivity contribution in [1.82, 2.24) is 44.9 Å². The van der Waals surface area contributed by atoms with Gasteiger partial charge >= 0.3 is 12.2 Å². The number of ether oxygens (including phenoxy) is 4. The van der Waals surface area contributed by atoms with Gasteiger partial charge in [-0.15, -0.1) is 0 Å². The highest BCUT2D eigenvalue weighted by atomic mass is 16.5. The highest BCUT2D eigenvalue weighted by Crippen LogP contribution is 2.81. The number of carbonyl (C=O) groups is 4. The number of rotatable bonds is 11. The summed E-state index contributed by atoms with van der Waals surface area (Å²) in [6, 6.07) is 19.6. The fourth-order valence-electron chi connectivity index (χ4n) is 11.9. The molecule has 6 aromatic rings. The van der Waals surface area contributed by atoms with Gasteiger partial charge in [0.2, 0.25) is 18.0 Å². The number of hydrogen-bond donors (Lipinski definition) is 4. The molecule has 2 bridgehead atoms. The van der Waals surface area contributed by atoms with Crippen LogP contribution in [0.5, 0.6) is 11.5 Å². The molecule has 7 aliphatic rings. The summed E-state index contributed by atoms with van der Waals surface area (Å²) < 4.78 is 25.1. The minimum atomic E-state index is -0.725. The van der Waals surface area contributed by atoms with Crippen LogP contribution in [0.4, 0.5) is 9.59 Å². The summed E-state index contributed by atoms with van der Waals surface area (Å²) in [5, 5.41) is 6.53. The first-order valence-electron chi connectivity index (χ1n) is 24.6. The molecule has 5 fully saturated rings. The molecule has 9 atom stereocenters. The van der Waals surface area contributed by atoms with Crippen LogP contribution in [0.15, 0.2) is 73.1 Å². The van der Waals surface area contributed by atoms with E-state index in [2.05, 4.69) is 85.8 Å². The van der Waals surface area contributed by atoms with Crippen LogP contribution in [0.3, 0.4) is 0 Å². The molecule has 362 valence electrons. The van der Waals surface area contributed by atoms with Gasteiger partial charge in [-0.3, -0.25) is 9.59 Å². The molecule has 0 radical (unpaired) electrons. The molecular formula is C53H57N9O8. The lowest BCUT2D eigenvalue weighted by Crippen LogP contribution is -2.51. The zero-order valence-corrected chi connectivity index (χ0v) is 40.0. The second kappa shape index (κ2) is 16.7. The number of alkyl carbamates (subject to hydrolysis) is 2. The molecule has 3 aromatic carbocycles. The van der Waals surface area contributed by atoms with Crippen LogP contribution in [0.2, 0.25) is 0 Å². The van der Waals surface area contributed by atoms with E-state index >= 15 is 0 Å². The Kier molecular flexibility index (Phi) is 10.5. The third-order valence-electron chi connectivity index (χ3n) is 15.6. The average molecular weight is 948 g/mol. The number of nitrogens with one attached hydrogen (secondary N) is 4. The lowest BCUT2D eigenvalue weighted by atomic mass is 10.0. The van der Waals surface area contributed by atoms with Gasteiger partial charge in [-0.05, 0) is 109 Å². The molecule has 8 heterocycles. The normalized spacial score (nSPS) is 24.2. The molecule has 4 N–H and O–H groups in total. The van der Waals surface area contributed by atoms with Crippen LogP contribution in [0, 0.1) is 29.6 Å². The number of nitrogens with zero attached hydrogens (tertiary/aromatic N) is 5. The molecule has 13 rings (SSSR count). The Morgan fingerprint density at radius 1 is 0.757 bits per heavy atom. The van der Waals surface area contributed by atoms with E-state index in [1.165, 1.54) is 14.2 Å². The third-order valence-corrected chi connectivity index (χ3v) is 15.6. The van der Waals surface area contributed by atoms with E-state index in [0.29, 0.717) is 36.7 Å². The van der Waals surface area contributed by atoms with Crippen LogP contribution in [0.25, 0.3) is 44.7 Å². The van der Waals surface area contributed by atoms with Gasteiger partial charge in [0.15, 0.2) is 0 Å². The SMILES string of the molecule is COC(=O)N[C@H](C(=O)N1CCC[C@H]1c1ncc(-c2ccc3c(c2)OC(c2ccc4c(c2)CCCO4)n2c-3cc3cc(-c4cnc([C@@H]5C6C7C([C@H]76)N5C(=O)[C@@H](NC(=O)OC)C(C)C)[nH]4)ccc32)[nH]1)C(C)C. The van der Waals surface area contributed by atoms with Gasteiger partial charge in [0.1, 0.15) is 35.2 Å². The standard InChI is InChI=1S/C53H57N9O8/c1-25(2)43(58-52(65)67-5)49(63)60-17-7-10-36(60)47-54-23-34(56-47)28-11-14-32-37-21-31-19-27(12-15-35(31)61(37)51(70-39(32)22-28)30-13-16-38-29(20-30)9-8-18-69-38)33-24-55-48(57-33)46-42-40-41(42)45(40)62(46)50(64)44(26(3)4)59-53(66)68-6/h11-16,19-26,36,40-46,51H,7-10,17-18H2,1-6H3,(H,54,56)(H,55,57)(H,58,65)(H,59,66)/t36-,40+,41?,42?,43-,44-,45?,46-,51?/m0/s1. The summed E-state index contributed by atoms with van der Waals surface area (Å²) in [6.45, 7) is 8.94. The van der Waals surface area contributed by atoms with Crippen LogP contribution >= 0.6 is 0 Å². The lowest BCUT2D eigenvalue weighted by molar-refractivity contribution is -0.136. The van der Waals surface area contributed by atoms with E-state index in [9.17, 15) is 19.2 Å². The topological polar surface area (TPSA) is 198 Å². The van der Waals surface area contributed by atoms with E-state index in [0.717, 1.165) is 98.8 Å². The predicted octanol–water partition coefficient (Wildman–Crippen LogP) is 7.91. The smallest absolute Gasteiger partial charge is 0.407 e. The zero-order chi connectivity index (χ0) is 48.3. The molecule has 5 aliphatic heterocycles. The molecule has 70 heavy (non-hydrogen) atoms. The van der Waals surface area contributed by atoms with Crippen molar-refractivity contribution in [2.75, 3.05) is 27.4 Å². The zero-order valence-electron chi connectivity index (χ0n) is 40.0. The fourth-order valence-corrected chi connectivity index (χ4v) is 11.9. The Balaban J connectivity index is 0.861. The van der Waals surface area contributed by atoms with Crippen molar-refractivity contribution in [2.45, 2.75) is 89.8 Å². The Bertz CT molecular complexity index is 3090. The molecule has 2 aliphatic carbocycles. The quantitative estimate of drug-likeness (QED) is 0.0991. The Morgan fingerprint density at radius 2 is 1.44 bits per heavy atom. The number of H-pyrrole nitrogens is 2. The number of amides is 4. The van der Waals surface area contributed by atoms with Crippen molar-refractivity contribution in [3.63, 3.8) is 0 Å². The molecule has 2 saturated carbocycles. The number of aromatic amines is 2. The van der Waals surface area contributed by atoms with E-state index in [1.54, 1.807) is 0 Å². The predicted molar refractivity (Wildman–Crippen MR) is 257 cm³/mol. The summed E-state index contributed by atoms with van der Waals surface area (Å²) in [7, 11) is 2.60. The molecule has 3 saturated heterocycles. The maximum Gasteiger partial charge on any atom is 0.407 e. The largest absolute Gasteiger partial charge is 0.493 e. The number of likely N-dealkylation sites (tertiary alicyclic amines) is 1. The van der Waals surface area contributed by atoms with Crippen LogP contribution < -0.4 is 20.1 Å². The number of aryl methyl sites for hydroxylation is 1. The van der Waals surface area contributed by atoms with E-state index in [-0.39, 0.29) is 41.8 Å². The minimum absolute atomic E-state index is 0.0945. The Hall–Kier alpha value is -7.30. The number of fused-ring (bicyclic) bond motifs is 7. The average Bonchev–Trinajstić information content (AvgIpc) is 3.84. The third kappa shape index (κ3) is 7.09. The number of carbonyl (C=O) groups excluding carboxylic acids is 4. The van der Waals surface area contributed by atoms with Gasteiger partial charge in [0, 0.05) is 40.2 Å². The van der Waals surface area contributed by atoms with Crippen molar-refractivity contribution in [1.29, 1.82) is 0 Å². The summed E-state index contributed by atoms with van der Waals surface area (Å²) >= 11 is 0. The van der Waals surface area contributed by atoms with Crippen LogP contribution in [-0.4, -0.2) is 104 Å². The highest BCUT2D eigenvalue weighted by Gasteiger charge is 2.86. The molecule has 17 heteroatoms. The van der Waals surface area contributed by atoms with Crippen LogP contribution in [0.1, 0.15) is 88.0 Å². The van der Waals surface area contributed by atoms with Crippen molar-refractivity contribution in [2.24, 2.45) is 29.6 Å². The first kappa shape index (κ1) is 43.9. The van der Waals surface area contributed by atoms with Crippen molar-refractivity contribution in [3.8, 4) is 45.3 Å². The van der Waals surface area contributed by atoms with E-state index < -0.39 is 30.5 Å². The van der Waals surface area contributed by atoms with Gasteiger partial charge in [-0.25, -0.2) is 19.6 Å². The Morgan fingerprint density at radius 3 is 2.17 bits per heavy atom. The number of methoxy groups -OCH3 is 2. The number of hydrogen-bond acceptors (Lipinski definition) is 10. The second-order valence-corrected chi connectivity index (χ2v) is 20.4. The second-order valence-electron chi connectivity index (χ2n) is 20.4. The summed E-state index contributed by atoms with van der Waals surface area (Å²) in [5.41, 5.74) is 8.65. The van der Waals surface area contributed by atoms with Gasteiger partial charge in [-0.1, -0.05) is 39.8 Å². The highest BCUT2D eigenvalue weighted by molar-refractivity contribution is 5.93. The van der Waals surface area contributed by atoms with Gasteiger partial charge in [0.25, 0.3) is 0 Å². The summed E-state index contributed by atoms with van der Waals surface area (Å²) in [4.78, 5) is 73.0. The first-order chi connectivity index (χ1) is 33.9. The van der Waals surface area contributed by atoms with Crippen molar-refractivity contribution < 1.29 is 38.1 Å². The van der Waals surface area contributed by atoms with E-state index in [4.69, 9.17) is 28.9 Å². The number of aromatic nitrogens is 5.